The SMILES string of the molecule is Cc1cnc(C)c(N2CCC(NC(=O)c3ccncn3)CC2)n1. The number of hydrogen-bond acceptors (Lipinski definition) is 6. The Kier molecular flexibility index (Phi) is 4.45. The molecule has 0 aliphatic carbocycles. The average molecular weight is 312 g/mol. The maximum absolute atomic E-state index is 12.1. The van der Waals surface area contributed by atoms with Gasteiger partial charge in [-0.3, -0.25) is 9.78 Å². The first kappa shape index (κ1) is 15.3. The zero-order valence-electron chi connectivity index (χ0n) is 13.4. The molecule has 3 rings (SSSR count). The van der Waals surface area contributed by atoms with E-state index in [0.29, 0.717) is 5.69 Å². The van der Waals surface area contributed by atoms with E-state index in [1.807, 2.05) is 13.8 Å². The molecule has 1 N–H and O–H groups in total. The van der Waals surface area contributed by atoms with Crippen molar-refractivity contribution in [3.8, 4) is 0 Å². The monoisotopic (exact) mass is 312 g/mol. The third kappa shape index (κ3) is 3.61. The summed E-state index contributed by atoms with van der Waals surface area (Å²) in [5.74, 6) is 0.808. The summed E-state index contributed by atoms with van der Waals surface area (Å²) in [5, 5.41) is 3.04. The molecule has 1 amide bonds. The van der Waals surface area contributed by atoms with Crippen LogP contribution in [0.5, 0.6) is 0 Å². The lowest BCUT2D eigenvalue weighted by Crippen LogP contribution is -2.45. The number of nitrogens with one attached hydrogen (secondary N) is 1. The number of nitrogens with zero attached hydrogens (tertiary/aromatic N) is 5. The van der Waals surface area contributed by atoms with Crippen LogP contribution in [0.25, 0.3) is 0 Å². The third-order valence-electron chi connectivity index (χ3n) is 4.00. The minimum absolute atomic E-state index is 0.141. The van der Waals surface area contributed by atoms with Crippen molar-refractivity contribution in [1.29, 1.82) is 0 Å². The highest BCUT2D eigenvalue weighted by molar-refractivity contribution is 5.92. The van der Waals surface area contributed by atoms with Crippen molar-refractivity contribution < 1.29 is 4.79 Å². The van der Waals surface area contributed by atoms with Crippen LogP contribution in [0.3, 0.4) is 0 Å². The lowest BCUT2D eigenvalue weighted by Gasteiger charge is -2.33. The van der Waals surface area contributed by atoms with E-state index in [4.69, 9.17) is 0 Å². The summed E-state index contributed by atoms with van der Waals surface area (Å²) in [5.41, 5.74) is 2.27. The average Bonchev–Trinajstić information content (AvgIpc) is 2.58. The van der Waals surface area contributed by atoms with E-state index in [1.165, 1.54) is 6.33 Å². The lowest BCUT2D eigenvalue weighted by molar-refractivity contribution is 0.0926. The van der Waals surface area contributed by atoms with Crippen molar-refractivity contribution in [2.24, 2.45) is 0 Å². The van der Waals surface area contributed by atoms with E-state index in [1.54, 1.807) is 18.5 Å². The fraction of sp³-hybridized carbons (Fsp3) is 0.438. The van der Waals surface area contributed by atoms with Gasteiger partial charge >= 0.3 is 0 Å². The van der Waals surface area contributed by atoms with Gasteiger partial charge in [-0.05, 0) is 32.8 Å². The normalized spacial score (nSPS) is 15.5. The van der Waals surface area contributed by atoms with Gasteiger partial charge in [0.25, 0.3) is 5.91 Å². The van der Waals surface area contributed by atoms with Gasteiger partial charge in [0.1, 0.15) is 17.8 Å². The molecular formula is C16H20N6O. The van der Waals surface area contributed by atoms with E-state index >= 15 is 0 Å². The summed E-state index contributed by atoms with van der Waals surface area (Å²) >= 11 is 0. The van der Waals surface area contributed by atoms with Crippen LogP contribution in [0.2, 0.25) is 0 Å². The van der Waals surface area contributed by atoms with Crippen molar-refractivity contribution in [3.05, 3.63) is 41.9 Å². The number of carbonyl (C=O) groups is 1. The number of carbonyl (C=O) groups excluding carboxylic acids is 1. The number of piperidine rings is 1. The Morgan fingerprint density at radius 1 is 1.26 bits per heavy atom. The van der Waals surface area contributed by atoms with Crippen LogP contribution >= 0.6 is 0 Å². The Morgan fingerprint density at radius 2 is 2.04 bits per heavy atom. The highest BCUT2D eigenvalue weighted by Gasteiger charge is 2.23. The Bertz CT molecular complexity index is 682. The van der Waals surface area contributed by atoms with Crippen LogP contribution in [0, 0.1) is 13.8 Å². The fourth-order valence-electron chi connectivity index (χ4n) is 2.74. The molecule has 0 spiro atoms. The molecule has 1 aliphatic heterocycles. The van der Waals surface area contributed by atoms with Crippen molar-refractivity contribution in [2.75, 3.05) is 18.0 Å². The number of anilines is 1. The topological polar surface area (TPSA) is 83.9 Å². The Balaban J connectivity index is 1.58. The minimum Gasteiger partial charge on any atom is -0.355 e. The van der Waals surface area contributed by atoms with Crippen LogP contribution in [-0.2, 0) is 0 Å². The van der Waals surface area contributed by atoms with Gasteiger partial charge in [-0.2, -0.15) is 0 Å². The summed E-state index contributed by atoms with van der Waals surface area (Å²) in [7, 11) is 0. The summed E-state index contributed by atoms with van der Waals surface area (Å²) < 4.78 is 0. The number of aromatic nitrogens is 4. The van der Waals surface area contributed by atoms with Gasteiger partial charge in [0.15, 0.2) is 0 Å². The number of hydrogen-bond donors (Lipinski definition) is 1. The molecule has 0 atom stereocenters. The lowest BCUT2D eigenvalue weighted by atomic mass is 10.0. The maximum atomic E-state index is 12.1. The number of aryl methyl sites for hydroxylation is 2. The quantitative estimate of drug-likeness (QED) is 0.919. The van der Waals surface area contributed by atoms with Crippen LogP contribution in [-0.4, -0.2) is 45.0 Å². The number of amides is 1. The Morgan fingerprint density at radius 3 is 2.74 bits per heavy atom. The van der Waals surface area contributed by atoms with E-state index in [0.717, 1.165) is 43.1 Å². The van der Waals surface area contributed by atoms with Crippen molar-refractivity contribution in [1.82, 2.24) is 25.3 Å². The molecule has 0 unspecified atom stereocenters. The molecule has 7 nitrogen and oxygen atoms in total. The van der Waals surface area contributed by atoms with Crippen molar-refractivity contribution in [3.63, 3.8) is 0 Å². The highest BCUT2D eigenvalue weighted by atomic mass is 16.1. The zero-order valence-corrected chi connectivity index (χ0v) is 13.4. The largest absolute Gasteiger partial charge is 0.355 e. The van der Waals surface area contributed by atoms with Gasteiger partial charge in [-0.1, -0.05) is 0 Å². The zero-order chi connectivity index (χ0) is 16.2. The smallest absolute Gasteiger partial charge is 0.270 e. The van der Waals surface area contributed by atoms with Crippen LogP contribution in [0.15, 0.2) is 24.8 Å². The van der Waals surface area contributed by atoms with Crippen LogP contribution < -0.4 is 10.2 Å². The molecule has 2 aromatic rings. The summed E-state index contributed by atoms with van der Waals surface area (Å²) in [6, 6.07) is 1.78. The molecule has 1 aliphatic rings. The van der Waals surface area contributed by atoms with E-state index < -0.39 is 0 Å². The second-order valence-corrected chi connectivity index (χ2v) is 5.75. The molecule has 7 heteroatoms. The summed E-state index contributed by atoms with van der Waals surface area (Å²) in [6.45, 7) is 5.64. The van der Waals surface area contributed by atoms with Crippen LogP contribution in [0.1, 0.15) is 34.7 Å². The number of rotatable bonds is 3. The van der Waals surface area contributed by atoms with Crippen molar-refractivity contribution >= 4 is 11.7 Å². The van der Waals surface area contributed by atoms with E-state index in [9.17, 15) is 4.79 Å². The molecule has 2 aromatic heterocycles. The molecule has 0 aromatic carbocycles. The predicted molar refractivity (Wildman–Crippen MR) is 86.2 cm³/mol. The van der Waals surface area contributed by atoms with Gasteiger partial charge in [0.2, 0.25) is 0 Å². The van der Waals surface area contributed by atoms with Gasteiger partial charge in [-0.25, -0.2) is 15.0 Å². The molecular weight excluding hydrogens is 292 g/mol. The van der Waals surface area contributed by atoms with E-state index in [2.05, 4.69) is 30.2 Å². The Labute approximate surface area is 135 Å². The van der Waals surface area contributed by atoms with Crippen LogP contribution in [0.4, 0.5) is 5.82 Å². The maximum Gasteiger partial charge on any atom is 0.270 e. The molecule has 0 radical (unpaired) electrons. The molecule has 0 saturated carbocycles. The first-order valence-electron chi connectivity index (χ1n) is 7.75. The molecule has 1 fully saturated rings. The predicted octanol–water partition coefficient (Wildman–Crippen LogP) is 1.28. The first-order valence-corrected chi connectivity index (χ1v) is 7.75. The third-order valence-corrected chi connectivity index (χ3v) is 4.00. The fourth-order valence-corrected chi connectivity index (χ4v) is 2.74. The van der Waals surface area contributed by atoms with Gasteiger partial charge in [-0.15, -0.1) is 0 Å². The van der Waals surface area contributed by atoms with Gasteiger partial charge < -0.3 is 10.2 Å². The Hall–Kier alpha value is -2.57. The summed E-state index contributed by atoms with van der Waals surface area (Å²) in [4.78, 5) is 31.1. The van der Waals surface area contributed by atoms with Crippen molar-refractivity contribution in [2.45, 2.75) is 32.7 Å². The minimum atomic E-state index is -0.141. The first-order chi connectivity index (χ1) is 11.1. The van der Waals surface area contributed by atoms with E-state index in [-0.39, 0.29) is 11.9 Å². The van der Waals surface area contributed by atoms with Gasteiger partial charge in [0, 0.05) is 31.5 Å². The molecule has 23 heavy (non-hydrogen) atoms. The molecule has 1 saturated heterocycles. The molecule has 120 valence electrons. The second kappa shape index (κ2) is 6.68. The highest BCUT2D eigenvalue weighted by Crippen LogP contribution is 2.20. The standard InChI is InChI=1S/C16H20N6O/c1-11-9-18-12(2)15(20-11)22-7-4-13(5-8-22)21-16(23)14-3-6-17-10-19-14/h3,6,9-10,13H,4-5,7-8H2,1-2H3,(H,21,23). The van der Waals surface area contributed by atoms with Gasteiger partial charge in [0.05, 0.1) is 11.4 Å². The second-order valence-electron chi connectivity index (χ2n) is 5.75. The molecule has 3 heterocycles. The molecule has 0 bridgehead atoms. The summed E-state index contributed by atoms with van der Waals surface area (Å²) in [6.07, 6.45) is 6.51.